The molecule has 0 spiro atoms. The van der Waals surface area contributed by atoms with Crippen molar-refractivity contribution in [3.05, 3.63) is 162 Å². The number of nitrogens with zero attached hydrogens (tertiary/aromatic N) is 4. The molecule has 52 heavy (non-hydrogen) atoms. The summed E-state index contributed by atoms with van der Waals surface area (Å²) in [4.78, 5) is 62.2. The van der Waals surface area contributed by atoms with Gasteiger partial charge in [0.05, 0.1) is 21.8 Å². The molecule has 0 aliphatic rings. The molecular weight excluding hydrogens is 649 g/mol. The third kappa shape index (κ3) is 4.40. The van der Waals surface area contributed by atoms with Crippen LogP contribution in [-0.2, 0) is 0 Å². The van der Waals surface area contributed by atoms with E-state index in [9.17, 15) is 19.2 Å². The van der Waals surface area contributed by atoms with E-state index in [2.05, 4.69) is 27.7 Å². The van der Waals surface area contributed by atoms with Crippen molar-refractivity contribution in [2.45, 2.75) is 39.5 Å². The van der Waals surface area contributed by atoms with Gasteiger partial charge in [0.25, 0.3) is 22.2 Å². The quantitative estimate of drug-likeness (QED) is 0.135. The maximum Gasteiger partial charge on any atom is 0.268 e. The molecular formula is C44H32N4O4. The number of benzene rings is 6. The molecule has 0 radical (unpaired) electrons. The second-order valence-electron chi connectivity index (χ2n) is 14.0. The van der Waals surface area contributed by atoms with Crippen LogP contribution in [0.1, 0.15) is 50.7 Å². The number of aromatic nitrogens is 4. The van der Waals surface area contributed by atoms with Gasteiger partial charge >= 0.3 is 0 Å². The fourth-order valence-electron chi connectivity index (χ4n) is 7.78. The Bertz CT molecular complexity index is 3110. The Balaban J connectivity index is 0.000000138. The summed E-state index contributed by atoms with van der Waals surface area (Å²) in [6, 6.07) is 34.1. The zero-order chi connectivity index (χ0) is 36.0. The van der Waals surface area contributed by atoms with E-state index in [0.717, 1.165) is 43.4 Å². The van der Waals surface area contributed by atoms with Crippen LogP contribution >= 0.6 is 0 Å². The highest BCUT2D eigenvalue weighted by molar-refractivity contribution is 6.15. The van der Waals surface area contributed by atoms with Crippen LogP contribution < -0.4 is 22.2 Å². The molecule has 0 saturated carbocycles. The maximum atomic E-state index is 13.2. The first-order valence-electron chi connectivity index (χ1n) is 17.4. The van der Waals surface area contributed by atoms with E-state index in [1.54, 1.807) is 24.3 Å². The molecule has 6 aromatic carbocycles. The molecule has 0 N–H and O–H groups in total. The second kappa shape index (κ2) is 11.5. The molecule has 0 saturated heterocycles. The first kappa shape index (κ1) is 31.4. The van der Waals surface area contributed by atoms with Crippen LogP contribution in [0.25, 0.3) is 76.2 Å². The van der Waals surface area contributed by atoms with E-state index in [4.69, 9.17) is 9.97 Å². The van der Waals surface area contributed by atoms with Crippen LogP contribution in [0.5, 0.6) is 0 Å². The predicted octanol–water partition coefficient (Wildman–Crippen LogP) is 8.15. The third-order valence-electron chi connectivity index (χ3n) is 10.3. The zero-order valence-corrected chi connectivity index (χ0v) is 29.0. The van der Waals surface area contributed by atoms with Crippen molar-refractivity contribution in [2.24, 2.45) is 0 Å². The average Bonchev–Trinajstić information content (AvgIpc) is 3.15. The second-order valence-corrected chi connectivity index (χ2v) is 14.0. The number of rotatable bonds is 2. The van der Waals surface area contributed by atoms with Gasteiger partial charge in [0, 0.05) is 32.3 Å². The van der Waals surface area contributed by atoms with Crippen LogP contribution in [0.15, 0.2) is 128 Å². The molecule has 0 amide bonds. The van der Waals surface area contributed by atoms with E-state index < -0.39 is 0 Å². The number of hydrogen-bond acceptors (Lipinski definition) is 6. The van der Waals surface area contributed by atoms with Gasteiger partial charge in [-0.1, -0.05) is 113 Å². The monoisotopic (exact) mass is 680 g/mol. The summed E-state index contributed by atoms with van der Waals surface area (Å²) >= 11 is 0. The average molecular weight is 681 g/mol. The number of hydrogen-bond donors (Lipinski definition) is 0. The Labute approximate surface area is 295 Å². The van der Waals surface area contributed by atoms with E-state index in [1.165, 1.54) is 8.80 Å². The molecule has 0 unspecified atom stereocenters. The van der Waals surface area contributed by atoms with Gasteiger partial charge in [-0.25, -0.2) is 18.8 Å². The van der Waals surface area contributed by atoms with Crippen LogP contribution in [0, 0.1) is 0 Å². The molecule has 4 heterocycles. The van der Waals surface area contributed by atoms with Crippen LogP contribution in [-0.4, -0.2) is 18.8 Å². The molecule has 0 atom stereocenters. The number of pyridine rings is 2. The van der Waals surface area contributed by atoms with E-state index >= 15 is 0 Å². The third-order valence-corrected chi connectivity index (χ3v) is 10.3. The molecule has 10 aromatic rings. The van der Waals surface area contributed by atoms with Crippen molar-refractivity contribution in [3.8, 4) is 0 Å². The SMILES string of the molecule is CC(C)c1cccc2c(=O)n3c(=O)c4cccc5cccc(c54)c3nc12.CC(C)c1cccc2c(=O)n3c(=O)c4cccc5cccc(c54)c3nc12. The van der Waals surface area contributed by atoms with Gasteiger partial charge in [-0.15, -0.1) is 0 Å². The normalized spacial score (nSPS) is 12.1. The lowest BCUT2D eigenvalue weighted by Crippen LogP contribution is -2.28. The Hall–Kier alpha value is -6.54. The zero-order valence-electron chi connectivity index (χ0n) is 29.0. The minimum atomic E-state index is -0.307. The van der Waals surface area contributed by atoms with Gasteiger partial charge in [-0.05, 0) is 58.0 Å². The summed E-state index contributed by atoms with van der Waals surface area (Å²) in [5.41, 5.74) is 3.05. The summed E-state index contributed by atoms with van der Waals surface area (Å²) in [6.45, 7) is 8.31. The lowest BCUT2D eigenvalue weighted by Gasteiger charge is -2.12. The summed E-state index contributed by atoms with van der Waals surface area (Å²) in [6.07, 6.45) is 0. The molecule has 0 bridgehead atoms. The lowest BCUT2D eigenvalue weighted by molar-refractivity contribution is 0.871. The highest BCUT2D eigenvalue weighted by Gasteiger charge is 2.19. The summed E-state index contributed by atoms with van der Waals surface area (Å²) in [5.74, 6) is 0.465. The van der Waals surface area contributed by atoms with Crippen molar-refractivity contribution >= 4 is 76.2 Å². The van der Waals surface area contributed by atoms with Crippen molar-refractivity contribution in [3.63, 3.8) is 0 Å². The fourth-order valence-corrected chi connectivity index (χ4v) is 7.78. The van der Waals surface area contributed by atoms with Crippen molar-refractivity contribution in [2.75, 3.05) is 0 Å². The first-order valence-corrected chi connectivity index (χ1v) is 17.4. The van der Waals surface area contributed by atoms with E-state index in [0.29, 0.717) is 43.9 Å². The largest absolute Gasteiger partial charge is 0.268 e. The molecule has 8 heteroatoms. The topological polar surface area (TPSA) is 103 Å². The molecule has 252 valence electrons. The Morgan fingerprint density at radius 3 is 1.08 bits per heavy atom. The number of fused-ring (bicyclic) bond motifs is 6. The van der Waals surface area contributed by atoms with Crippen molar-refractivity contribution in [1.29, 1.82) is 0 Å². The van der Waals surface area contributed by atoms with Gasteiger partial charge in [-0.3, -0.25) is 19.2 Å². The highest BCUT2D eigenvalue weighted by atomic mass is 16.2. The van der Waals surface area contributed by atoms with E-state index in [-0.39, 0.29) is 34.1 Å². The smallest absolute Gasteiger partial charge is 0.268 e. The van der Waals surface area contributed by atoms with Gasteiger partial charge < -0.3 is 0 Å². The van der Waals surface area contributed by atoms with Gasteiger partial charge in [0.15, 0.2) is 11.3 Å². The Morgan fingerprint density at radius 2 is 0.712 bits per heavy atom. The van der Waals surface area contributed by atoms with E-state index in [1.807, 2.05) is 84.9 Å². The molecule has 8 nitrogen and oxygen atoms in total. The Kier molecular flexibility index (Phi) is 6.95. The minimum absolute atomic E-state index is 0.232. The van der Waals surface area contributed by atoms with Crippen molar-refractivity contribution in [1.82, 2.24) is 18.8 Å². The Morgan fingerprint density at radius 1 is 0.404 bits per heavy atom. The molecule has 10 rings (SSSR count). The van der Waals surface area contributed by atoms with Crippen molar-refractivity contribution < 1.29 is 0 Å². The van der Waals surface area contributed by atoms with Crippen LogP contribution in [0.3, 0.4) is 0 Å². The highest BCUT2D eigenvalue weighted by Crippen LogP contribution is 2.30. The van der Waals surface area contributed by atoms with Crippen LogP contribution in [0.2, 0.25) is 0 Å². The summed E-state index contributed by atoms with van der Waals surface area (Å²) in [5, 5.41) is 7.42. The lowest BCUT2D eigenvalue weighted by atomic mass is 9.99. The van der Waals surface area contributed by atoms with Crippen LogP contribution in [0.4, 0.5) is 0 Å². The molecule has 0 aliphatic heterocycles. The molecule has 0 fully saturated rings. The minimum Gasteiger partial charge on any atom is -0.268 e. The molecule has 0 aliphatic carbocycles. The van der Waals surface area contributed by atoms with Gasteiger partial charge in [-0.2, -0.15) is 0 Å². The summed E-state index contributed by atoms with van der Waals surface area (Å²) in [7, 11) is 0. The standard InChI is InChI=1S/2C22H16N2O2/c2*1-12(2)14-8-5-11-17-19(14)23-20-15-9-3-6-13-7-4-10-16(18(13)15)21(25)24(20)22(17)26/h2*3-12H,1-2H3. The predicted molar refractivity (Wildman–Crippen MR) is 211 cm³/mol. The maximum absolute atomic E-state index is 13.2. The first-order chi connectivity index (χ1) is 25.2. The number of para-hydroxylation sites is 2. The van der Waals surface area contributed by atoms with Gasteiger partial charge in [0.2, 0.25) is 0 Å². The van der Waals surface area contributed by atoms with Gasteiger partial charge in [0.1, 0.15) is 0 Å². The molecule has 4 aromatic heterocycles. The fraction of sp³-hybridized carbons (Fsp3) is 0.136. The summed E-state index contributed by atoms with van der Waals surface area (Å²) < 4.78 is 2.45.